The molecule has 0 bridgehead atoms. The van der Waals surface area contributed by atoms with Crippen molar-refractivity contribution in [1.29, 1.82) is 0 Å². The Labute approximate surface area is 187 Å². The first-order valence-corrected chi connectivity index (χ1v) is 10.4. The Morgan fingerprint density at radius 3 is 2.12 bits per heavy atom. The van der Waals surface area contributed by atoms with Crippen LogP contribution in [0.25, 0.3) is 0 Å². The average Bonchev–Trinajstić information content (AvgIpc) is 2.73. The molecule has 32 heavy (non-hydrogen) atoms. The summed E-state index contributed by atoms with van der Waals surface area (Å²) in [5, 5.41) is 34.2. The molecule has 0 aliphatic carbocycles. The highest BCUT2D eigenvalue weighted by Crippen LogP contribution is 2.23. The van der Waals surface area contributed by atoms with Crippen LogP contribution in [0.2, 0.25) is 0 Å². The number of carbonyl (C=O) groups excluding carboxylic acids is 1. The van der Waals surface area contributed by atoms with Gasteiger partial charge in [-0.25, -0.2) is 4.98 Å². The van der Waals surface area contributed by atoms with Crippen molar-refractivity contribution in [2.45, 2.75) is 26.4 Å². The summed E-state index contributed by atoms with van der Waals surface area (Å²) in [4.78, 5) is 41.1. The molecule has 180 valence electrons. The number of carboxylic acids is 2. The van der Waals surface area contributed by atoms with Gasteiger partial charge in [-0.05, 0) is 25.6 Å². The number of β-amino-alcohol motifs (C(OH)–C–C–N with tert-alkyl or cyclic N) is 1. The van der Waals surface area contributed by atoms with Crippen molar-refractivity contribution >= 4 is 23.7 Å². The lowest BCUT2D eigenvalue weighted by Gasteiger charge is -2.36. The fraction of sp³-hybridized carbons (Fsp3) is 0.619. The number of aliphatic hydroxyl groups excluding tert-OH is 2. The van der Waals surface area contributed by atoms with E-state index in [1.165, 1.54) is 0 Å². The molecule has 0 radical (unpaired) electrons. The monoisotopic (exact) mass is 454 g/mol. The zero-order valence-electron chi connectivity index (χ0n) is 18.8. The van der Waals surface area contributed by atoms with Gasteiger partial charge in [0.25, 0.3) is 17.8 Å². The Kier molecular flexibility index (Phi) is 11.6. The number of aromatic nitrogens is 1. The second-order valence-corrected chi connectivity index (χ2v) is 7.78. The molecule has 2 aliphatic heterocycles. The Morgan fingerprint density at radius 1 is 1.06 bits per heavy atom. The maximum Gasteiger partial charge on any atom is 0.300 e. The minimum absolute atomic E-state index is 0.00433. The Hall–Kier alpha value is -2.76. The summed E-state index contributed by atoms with van der Waals surface area (Å²) in [5.74, 6) is -0.987. The van der Waals surface area contributed by atoms with Crippen molar-refractivity contribution < 1.29 is 34.8 Å². The van der Waals surface area contributed by atoms with E-state index in [0.717, 1.165) is 53.0 Å². The predicted molar refractivity (Wildman–Crippen MR) is 118 cm³/mol. The van der Waals surface area contributed by atoms with E-state index >= 15 is 0 Å². The fourth-order valence-electron chi connectivity index (χ4n) is 3.32. The van der Waals surface area contributed by atoms with Crippen molar-refractivity contribution in [3.8, 4) is 0 Å². The van der Waals surface area contributed by atoms with Crippen molar-refractivity contribution in [1.82, 2.24) is 14.8 Å². The molecule has 3 heterocycles. The number of carboxylic acid groups (broad SMARTS) is 2. The van der Waals surface area contributed by atoms with Crippen LogP contribution in [0.1, 0.15) is 30.6 Å². The molecule has 1 aromatic heterocycles. The first kappa shape index (κ1) is 27.3. The lowest BCUT2D eigenvalue weighted by Crippen LogP contribution is -2.47. The first-order chi connectivity index (χ1) is 15.0. The third kappa shape index (κ3) is 9.58. The molecule has 1 amide bonds. The van der Waals surface area contributed by atoms with Gasteiger partial charge in [-0.2, -0.15) is 0 Å². The quantitative estimate of drug-likeness (QED) is 0.484. The largest absolute Gasteiger partial charge is 0.481 e. The molecule has 11 heteroatoms. The van der Waals surface area contributed by atoms with E-state index in [4.69, 9.17) is 19.8 Å². The van der Waals surface area contributed by atoms with E-state index in [1.54, 1.807) is 12.3 Å². The molecule has 2 fully saturated rings. The van der Waals surface area contributed by atoms with Crippen LogP contribution >= 0.6 is 0 Å². The lowest BCUT2D eigenvalue weighted by atomic mass is 9.95. The number of anilines is 1. The second-order valence-electron chi connectivity index (χ2n) is 7.78. The summed E-state index contributed by atoms with van der Waals surface area (Å²) < 4.78 is 0. The average molecular weight is 455 g/mol. The first-order valence-electron chi connectivity index (χ1n) is 10.4. The number of hydrogen-bond donors (Lipinski definition) is 4. The molecule has 2 atom stereocenters. The molecule has 0 aromatic carbocycles. The zero-order valence-corrected chi connectivity index (χ0v) is 18.8. The van der Waals surface area contributed by atoms with E-state index < -0.39 is 18.0 Å². The Balaban J connectivity index is 0.000000554. The number of piperidine rings is 1. The summed E-state index contributed by atoms with van der Waals surface area (Å²) in [5.41, 5.74) is 0.642. The number of likely N-dealkylation sites (N-methyl/N-ethyl adjacent to an activating group) is 1. The smallest absolute Gasteiger partial charge is 0.300 e. The topological polar surface area (TPSA) is 155 Å². The van der Waals surface area contributed by atoms with Crippen LogP contribution < -0.4 is 4.90 Å². The number of amides is 1. The molecule has 11 nitrogen and oxygen atoms in total. The number of hydrogen-bond acceptors (Lipinski definition) is 8. The van der Waals surface area contributed by atoms with Crippen LogP contribution in [0, 0.1) is 5.92 Å². The lowest BCUT2D eigenvalue weighted by molar-refractivity contribution is -0.135. The van der Waals surface area contributed by atoms with Gasteiger partial charge in [-0.1, -0.05) is 0 Å². The predicted octanol–water partition coefficient (Wildman–Crippen LogP) is -0.169. The van der Waals surface area contributed by atoms with E-state index in [0.29, 0.717) is 17.9 Å². The molecular weight excluding hydrogens is 420 g/mol. The number of piperazine rings is 1. The van der Waals surface area contributed by atoms with Crippen LogP contribution in [0.4, 0.5) is 5.82 Å². The van der Waals surface area contributed by atoms with Crippen LogP contribution in [0.5, 0.6) is 0 Å². The fourth-order valence-corrected chi connectivity index (χ4v) is 3.32. The van der Waals surface area contributed by atoms with E-state index in [2.05, 4.69) is 16.9 Å². The number of carbonyl (C=O) groups is 3. The number of nitrogens with zero attached hydrogens (tertiary/aromatic N) is 4. The van der Waals surface area contributed by atoms with Gasteiger partial charge in [0.2, 0.25) is 0 Å². The molecule has 1 aromatic rings. The van der Waals surface area contributed by atoms with E-state index in [-0.39, 0.29) is 18.4 Å². The standard InChI is InChI=1S/C17H26N4O3.2C2H4O2/c1-19-6-8-20(9-7-19)17(24)13-2-4-18-16(10-13)21-5-3-14(12-22)15(23)11-21;2*1-2(3)4/h2,4,10,14-15,22-23H,3,5-9,11-12H2,1H3;2*1H3,(H,3,4)/t14-,15-;;/m1../s1. The van der Waals surface area contributed by atoms with Gasteiger partial charge in [-0.15, -0.1) is 0 Å². The van der Waals surface area contributed by atoms with Crippen molar-refractivity contribution in [2.24, 2.45) is 5.92 Å². The minimum Gasteiger partial charge on any atom is -0.481 e. The second kappa shape index (κ2) is 13.6. The number of aliphatic carboxylic acids is 2. The third-order valence-electron chi connectivity index (χ3n) is 5.06. The highest BCUT2D eigenvalue weighted by molar-refractivity contribution is 5.95. The third-order valence-corrected chi connectivity index (χ3v) is 5.06. The van der Waals surface area contributed by atoms with Gasteiger partial charge < -0.3 is 35.1 Å². The molecule has 4 N–H and O–H groups in total. The molecule has 2 aliphatic rings. The summed E-state index contributed by atoms with van der Waals surface area (Å²) in [6.07, 6.45) is 1.81. The maximum atomic E-state index is 12.7. The molecule has 3 rings (SSSR count). The van der Waals surface area contributed by atoms with Crippen molar-refractivity contribution in [3.63, 3.8) is 0 Å². The van der Waals surface area contributed by atoms with Gasteiger partial charge in [0, 0.05) is 77.4 Å². The van der Waals surface area contributed by atoms with Crippen LogP contribution in [0.3, 0.4) is 0 Å². The summed E-state index contributed by atoms with van der Waals surface area (Å²) in [6.45, 7) is 6.60. The Morgan fingerprint density at radius 2 is 1.62 bits per heavy atom. The number of rotatable bonds is 3. The van der Waals surface area contributed by atoms with Crippen molar-refractivity contribution in [3.05, 3.63) is 23.9 Å². The molecule has 0 spiro atoms. The number of aliphatic hydroxyl groups is 2. The van der Waals surface area contributed by atoms with Gasteiger partial charge in [0.05, 0.1) is 6.10 Å². The van der Waals surface area contributed by atoms with Gasteiger partial charge in [0.1, 0.15) is 5.82 Å². The van der Waals surface area contributed by atoms with Gasteiger partial charge >= 0.3 is 0 Å². The van der Waals surface area contributed by atoms with Gasteiger partial charge in [-0.3, -0.25) is 14.4 Å². The highest BCUT2D eigenvalue weighted by Gasteiger charge is 2.28. The molecule has 0 unspecified atom stereocenters. The highest BCUT2D eigenvalue weighted by atomic mass is 16.4. The maximum absolute atomic E-state index is 12.7. The van der Waals surface area contributed by atoms with E-state index in [1.807, 2.05) is 15.9 Å². The van der Waals surface area contributed by atoms with Crippen molar-refractivity contribution in [2.75, 3.05) is 57.8 Å². The molecular formula is C21H34N4O7. The molecule has 0 saturated carbocycles. The number of pyridine rings is 1. The van der Waals surface area contributed by atoms with Gasteiger partial charge in [0.15, 0.2) is 0 Å². The summed E-state index contributed by atoms with van der Waals surface area (Å²) in [7, 11) is 2.06. The normalized spacial score (nSPS) is 20.9. The van der Waals surface area contributed by atoms with Crippen LogP contribution in [0.15, 0.2) is 18.3 Å². The Bertz CT molecular complexity index is 733. The van der Waals surface area contributed by atoms with Crippen LogP contribution in [-0.4, -0.2) is 112 Å². The van der Waals surface area contributed by atoms with E-state index in [9.17, 15) is 15.0 Å². The SMILES string of the molecule is CC(=O)O.CC(=O)O.CN1CCN(C(=O)c2ccnc(N3CC[C@H](CO)[C@H](O)C3)c2)CC1. The van der Waals surface area contributed by atoms with Crippen LogP contribution in [-0.2, 0) is 9.59 Å². The molecule has 2 saturated heterocycles. The zero-order chi connectivity index (χ0) is 24.3. The summed E-state index contributed by atoms with van der Waals surface area (Å²) in [6, 6.07) is 3.56. The summed E-state index contributed by atoms with van der Waals surface area (Å²) >= 11 is 0. The minimum atomic E-state index is -0.833.